The maximum absolute atomic E-state index is 13.8. The Kier molecular flexibility index (Phi) is 4.04. The topological polar surface area (TPSA) is 35.2 Å². The number of hydrogen-bond donors (Lipinski definition) is 1. The Bertz CT molecular complexity index is 682. The van der Waals surface area contributed by atoms with Gasteiger partial charge in [-0.3, -0.25) is 0 Å². The highest BCUT2D eigenvalue weighted by molar-refractivity contribution is 7.80. The van der Waals surface area contributed by atoms with Crippen molar-refractivity contribution in [3.05, 3.63) is 58.4 Å². The molecule has 20 heavy (non-hydrogen) atoms. The zero-order valence-electron chi connectivity index (χ0n) is 11.7. The van der Waals surface area contributed by atoms with Crippen LogP contribution in [0.1, 0.15) is 22.3 Å². The molecule has 2 nitrogen and oxygen atoms in total. The maximum atomic E-state index is 13.8. The molecule has 0 radical (unpaired) electrons. The van der Waals surface area contributed by atoms with Gasteiger partial charge < -0.3 is 10.5 Å². The quantitative estimate of drug-likeness (QED) is 0.861. The van der Waals surface area contributed by atoms with Gasteiger partial charge in [0, 0.05) is 0 Å². The molecule has 0 saturated carbocycles. The van der Waals surface area contributed by atoms with Crippen molar-refractivity contribution in [2.75, 3.05) is 0 Å². The predicted molar refractivity (Wildman–Crippen MR) is 83.0 cm³/mol. The van der Waals surface area contributed by atoms with Crippen LogP contribution >= 0.6 is 12.2 Å². The van der Waals surface area contributed by atoms with E-state index in [1.807, 2.05) is 26.8 Å². The molecule has 0 aromatic heterocycles. The van der Waals surface area contributed by atoms with Crippen molar-refractivity contribution < 1.29 is 9.13 Å². The van der Waals surface area contributed by atoms with Crippen molar-refractivity contribution in [2.45, 2.75) is 20.8 Å². The molecule has 2 N–H and O–H groups in total. The first kappa shape index (κ1) is 14.5. The Labute approximate surface area is 123 Å². The fourth-order valence-corrected chi connectivity index (χ4v) is 2.25. The van der Waals surface area contributed by atoms with E-state index in [2.05, 4.69) is 6.07 Å². The van der Waals surface area contributed by atoms with Gasteiger partial charge in [-0.2, -0.15) is 0 Å². The van der Waals surface area contributed by atoms with E-state index < -0.39 is 5.82 Å². The molecule has 2 aromatic carbocycles. The van der Waals surface area contributed by atoms with Crippen LogP contribution in [0.2, 0.25) is 0 Å². The molecule has 0 unspecified atom stereocenters. The van der Waals surface area contributed by atoms with E-state index in [1.165, 1.54) is 6.07 Å². The van der Waals surface area contributed by atoms with Gasteiger partial charge in [0.05, 0.1) is 5.56 Å². The second kappa shape index (κ2) is 5.59. The van der Waals surface area contributed by atoms with Crippen molar-refractivity contribution in [3.8, 4) is 11.5 Å². The van der Waals surface area contributed by atoms with E-state index >= 15 is 0 Å². The molecule has 2 rings (SSSR count). The Hall–Kier alpha value is -1.94. The summed E-state index contributed by atoms with van der Waals surface area (Å²) in [6.45, 7) is 5.96. The molecule has 0 amide bonds. The summed E-state index contributed by atoms with van der Waals surface area (Å²) in [5.74, 6) is 0.549. The normalized spacial score (nSPS) is 10.4. The first-order chi connectivity index (χ1) is 9.40. The summed E-state index contributed by atoms with van der Waals surface area (Å²) >= 11 is 4.90. The Morgan fingerprint density at radius 2 is 1.85 bits per heavy atom. The molecule has 2 aromatic rings. The average molecular weight is 289 g/mol. The first-order valence-corrected chi connectivity index (χ1v) is 6.65. The predicted octanol–water partition coefficient (Wildman–Crippen LogP) is 4.18. The van der Waals surface area contributed by atoms with Crippen molar-refractivity contribution in [3.63, 3.8) is 0 Å². The van der Waals surface area contributed by atoms with Crippen LogP contribution in [-0.2, 0) is 0 Å². The van der Waals surface area contributed by atoms with Crippen molar-refractivity contribution in [2.24, 2.45) is 5.73 Å². The number of nitrogens with two attached hydrogens (primary N) is 1. The van der Waals surface area contributed by atoms with E-state index in [-0.39, 0.29) is 10.6 Å². The molecule has 104 valence electrons. The molecule has 4 heteroatoms. The second-order valence-corrected chi connectivity index (χ2v) is 5.22. The van der Waals surface area contributed by atoms with Gasteiger partial charge in [0.2, 0.25) is 0 Å². The third kappa shape index (κ3) is 2.80. The fourth-order valence-electron chi connectivity index (χ4n) is 2.05. The van der Waals surface area contributed by atoms with E-state index in [1.54, 1.807) is 12.1 Å². The Balaban J connectivity index is 2.51. The molecule has 0 heterocycles. The van der Waals surface area contributed by atoms with Gasteiger partial charge in [-0.25, -0.2) is 4.39 Å². The number of halogens is 1. The zero-order valence-corrected chi connectivity index (χ0v) is 12.5. The molecule has 0 aliphatic rings. The molecule has 0 aliphatic carbocycles. The number of aryl methyl sites for hydroxylation is 2. The monoisotopic (exact) mass is 289 g/mol. The molecule has 0 fully saturated rings. The van der Waals surface area contributed by atoms with E-state index in [0.29, 0.717) is 11.5 Å². The number of ether oxygens (including phenoxy) is 1. The van der Waals surface area contributed by atoms with Gasteiger partial charge in [-0.15, -0.1) is 0 Å². The number of rotatable bonds is 3. The number of hydrogen-bond acceptors (Lipinski definition) is 2. The smallest absolute Gasteiger partial charge is 0.140 e. The van der Waals surface area contributed by atoms with Crippen molar-refractivity contribution in [1.82, 2.24) is 0 Å². The summed E-state index contributed by atoms with van der Waals surface area (Å²) in [6, 6.07) is 8.54. The second-order valence-electron chi connectivity index (χ2n) is 4.78. The van der Waals surface area contributed by atoms with Crippen LogP contribution in [0.4, 0.5) is 4.39 Å². The van der Waals surface area contributed by atoms with Gasteiger partial charge in [0.15, 0.2) is 0 Å². The lowest BCUT2D eigenvalue weighted by atomic mass is 10.1. The molecule has 0 atom stereocenters. The molecule has 0 bridgehead atoms. The summed E-state index contributed by atoms with van der Waals surface area (Å²) in [4.78, 5) is -0.0138. The lowest BCUT2D eigenvalue weighted by Crippen LogP contribution is -2.13. The summed E-state index contributed by atoms with van der Waals surface area (Å²) < 4.78 is 19.7. The highest BCUT2D eigenvalue weighted by Crippen LogP contribution is 2.31. The third-order valence-corrected chi connectivity index (χ3v) is 3.41. The van der Waals surface area contributed by atoms with Crippen LogP contribution in [0.25, 0.3) is 0 Å². The minimum absolute atomic E-state index is 0.0138. The van der Waals surface area contributed by atoms with Crippen LogP contribution in [0.15, 0.2) is 30.3 Å². The van der Waals surface area contributed by atoms with Crippen molar-refractivity contribution >= 4 is 17.2 Å². The number of thiocarbonyl (C=S) groups is 1. The standard InChI is InChI=1S/C16H16FNOS/c1-9-7-10(2)11(3)14(8-9)19-13-6-4-5-12(17)15(13)16(18)20/h4-8H,1-3H3,(H2,18,20). The molecule has 0 saturated heterocycles. The van der Waals surface area contributed by atoms with Crippen LogP contribution in [0.3, 0.4) is 0 Å². The summed E-state index contributed by atoms with van der Waals surface area (Å²) in [7, 11) is 0. The van der Waals surface area contributed by atoms with Gasteiger partial charge in [-0.05, 0) is 55.7 Å². The summed E-state index contributed by atoms with van der Waals surface area (Å²) in [6.07, 6.45) is 0. The van der Waals surface area contributed by atoms with Gasteiger partial charge >= 0.3 is 0 Å². The Morgan fingerprint density at radius 1 is 1.15 bits per heavy atom. The van der Waals surface area contributed by atoms with Gasteiger partial charge in [0.25, 0.3) is 0 Å². The first-order valence-electron chi connectivity index (χ1n) is 6.24. The van der Waals surface area contributed by atoms with Crippen LogP contribution in [-0.4, -0.2) is 4.99 Å². The van der Waals surface area contributed by atoms with E-state index in [0.717, 1.165) is 16.7 Å². The molecule has 0 aliphatic heterocycles. The highest BCUT2D eigenvalue weighted by atomic mass is 32.1. The molecular formula is C16H16FNOS. The largest absolute Gasteiger partial charge is 0.456 e. The van der Waals surface area contributed by atoms with Crippen LogP contribution < -0.4 is 10.5 Å². The van der Waals surface area contributed by atoms with Gasteiger partial charge in [-0.1, -0.05) is 24.4 Å². The fraction of sp³-hybridized carbons (Fsp3) is 0.188. The SMILES string of the molecule is Cc1cc(C)c(C)c(Oc2cccc(F)c2C(N)=S)c1. The van der Waals surface area contributed by atoms with Crippen LogP contribution in [0, 0.1) is 26.6 Å². The minimum atomic E-state index is -0.475. The summed E-state index contributed by atoms with van der Waals surface area (Å²) in [5, 5.41) is 0. The number of benzene rings is 2. The third-order valence-electron chi connectivity index (χ3n) is 3.21. The molecule has 0 spiro atoms. The lowest BCUT2D eigenvalue weighted by molar-refractivity contribution is 0.471. The van der Waals surface area contributed by atoms with E-state index in [9.17, 15) is 4.39 Å². The lowest BCUT2D eigenvalue weighted by Gasteiger charge is -2.15. The van der Waals surface area contributed by atoms with Gasteiger partial charge in [0.1, 0.15) is 22.3 Å². The zero-order chi connectivity index (χ0) is 14.9. The van der Waals surface area contributed by atoms with E-state index in [4.69, 9.17) is 22.7 Å². The summed E-state index contributed by atoms with van der Waals surface area (Å²) in [5.41, 5.74) is 8.93. The average Bonchev–Trinajstić information content (AvgIpc) is 2.35. The molecular weight excluding hydrogens is 273 g/mol. The van der Waals surface area contributed by atoms with Crippen LogP contribution in [0.5, 0.6) is 11.5 Å². The Morgan fingerprint density at radius 3 is 2.50 bits per heavy atom. The maximum Gasteiger partial charge on any atom is 0.140 e. The van der Waals surface area contributed by atoms with Crippen molar-refractivity contribution in [1.29, 1.82) is 0 Å². The highest BCUT2D eigenvalue weighted by Gasteiger charge is 2.14. The minimum Gasteiger partial charge on any atom is -0.456 e.